The van der Waals surface area contributed by atoms with E-state index in [0.717, 1.165) is 82.9 Å². The standard InChI is InChI=1S/C33H29N5/c1-2-8-24(9-3-1)31-32(35-28-11-5-4-10-27(28)34-31)25-16-14-23(15-17-25)22-38-20-18-26(19-21-38)33-36-29-12-6-7-13-30(29)37-33/h1-17,26H,18-22H2,(H,36,37). The number of H-pyrrole nitrogens is 1. The Hall–Kier alpha value is -4.35. The smallest absolute Gasteiger partial charge is 0.110 e. The highest BCUT2D eigenvalue weighted by Crippen LogP contribution is 2.32. The van der Waals surface area contributed by atoms with Gasteiger partial charge < -0.3 is 4.98 Å². The van der Waals surface area contributed by atoms with Gasteiger partial charge in [-0.1, -0.05) is 78.9 Å². The number of piperidine rings is 1. The summed E-state index contributed by atoms with van der Waals surface area (Å²) in [6.45, 7) is 3.12. The Kier molecular flexibility index (Phi) is 5.91. The molecule has 6 aromatic rings. The Labute approximate surface area is 222 Å². The van der Waals surface area contributed by atoms with Crippen LogP contribution in [0.3, 0.4) is 0 Å². The summed E-state index contributed by atoms with van der Waals surface area (Å²) in [5.74, 6) is 1.64. The minimum Gasteiger partial charge on any atom is -0.342 e. The summed E-state index contributed by atoms with van der Waals surface area (Å²) in [4.78, 5) is 21.0. The Bertz CT molecular complexity index is 1660. The van der Waals surface area contributed by atoms with Crippen LogP contribution in [0.2, 0.25) is 0 Å². The van der Waals surface area contributed by atoms with E-state index in [1.807, 2.05) is 30.3 Å². The number of likely N-dealkylation sites (tertiary alicyclic amines) is 1. The minimum absolute atomic E-state index is 0.504. The highest BCUT2D eigenvalue weighted by Gasteiger charge is 2.23. The Morgan fingerprint density at radius 1 is 0.605 bits per heavy atom. The lowest BCUT2D eigenvalue weighted by atomic mass is 9.95. The quantitative estimate of drug-likeness (QED) is 0.274. The van der Waals surface area contributed by atoms with E-state index in [2.05, 4.69) is 82.7 Å². The molecule has 0 unspecified atom stereocenters. The lowest BCUT2D eigenvalue weighted by molar-refractivity contribution is 0.202. The molecule has 5 heteroatoms. The molecule has 1 aliphatic heterocycles. The molecule has 0 atom stereocenters. The predicted molar refractivity (Wildman–Crippen MR) is 154 cm³/mol. The summed E-state index contributed by atoms with van der Waals surface area (Å²) in [6.07, 6.45) is 2.26. The first-order valence-corrected chi connectivity index (χ1v) is 13.4. The van der Waals surface area contributed by atoms with Gasteiger partial charge >= 0.3 is 0 Å². The molecule has 0 aliphatic carbocycles. The molecule has 7 rings (SSSR count). The molecule has 1 aliphatic rings. The Balaban J connectivity index is 1.08. The molecule has 2 aromatic heterocycles. The third-order valence-corrected chi connectivity index (χ3v) is 7.63. The van der Waals surface area contributed by atoms with Crippen LogP contribution in [0.15, 0.2) is 103 Å². The number of aromatic amines is 1. The molecular weight excluding hydrogens is 466 g/mol. The molecule has 0 bridgehead atoms. The number of hydrogen-bond donors (Lipinski definition) is 1. The van der Waals surface area contributed by atoms with Crippen LogP contribution < -0.4 is 0 Å². The van der Waals surface area contributed by atoms with Crippen molar-refractivity contribution >= 4 is 22.1 Å². The maximum atomic E-state index is 5.04. The van der Waals surface area contributed by atoms with Gasteiger partial charge in [0, 0.05) is 23.6 Å². The fourth-order valence-corrected chi connectivity index (χ4v) is 5.56. The molecule has 0 spiro atoms. The lowest BCUT2D eigenvalue weighted by Crippen LogP contribution is -2.32. The third-order valence-electron chi connectivity index (χ3n) is 7.63. The van der Waals surface area contributed by atoms with Crippen molar-refractivity contribution in [3.05, 3.63) is 115 Å². The normalized spacial score (nSPS) is 14.8. The maximum Gasteiger partial charge on any atom is 0.110 e. The molecule has 3 heterocycles. The molecular formula is C33H29N5. The molecule has 1 fully saturated rings. The van der Waals surface area contributed by atoms with Gasteiger partial charge in [-0.25, -0.2) is 15.0 Å². The van der Waals surface area contributed by atoms with Gasteiger partial charge in [-0.2, -0.15) is 0 Å². The highest BCUT2D eigenvalue weighted by molar-refractivity contribution is 5.86. The first kappa shape index (κ1) is 22.8. The fraction of sp³-hybridized carbons (Fsp3) is 0.182. The van der Waals surface area contributed by atoms with Crippen molar-refractivity contribution < 1.29 is 0 Å². The average molecular weight is 496 g/mol. The van der Waals surface area contributed by atoms with Crippen molar-refractivity contribution in [3.63, 3.8) is 0 Å². The molecule has 1 N–H and O–H groups in total. The van der Waals surface area contributed by atoms with E-state index < -0.39 is 0 Å². The molecule has 4 aromatic carbocycles. The van der Waals surface area contributed by atoms with Gasteiger partial charge in [0.25, 0.3) is 0 Å². The Morgan fingerprint density at radius 2 is 1.18 bits per heavy atom. The van der Waals surface area contributed by atoms with Gasteiger partial charge in [0.15, 0.2) is 0 Å². The fourth-order valence-electron chi connectivity index (χ4n) is 5.56. The van der Waals surface area contributed by atoms with Gasteiger partial charge in [-0.15, -0.1) is 0 Å². The van der Waals surface area contributed by atoms with E-state index in [0.29, 0.717) is 5.92 Å². The second kappa shape index (κ2) is 9.84. The van der Waals surface area contributed by atoms with Gasteiger partial charge in [0.05, 0.1) is 33.5 Å². The molecule has 1 saturated heterocycles. The predicted octanol–water partition coefficient (Wildman–Crippen LogP) is 7.22. The molecule has 186 valence electrons. The van der Waals surface area contributed by atoms with E-state index in [9.17, 15) is 0 Å². The second-order valence-electron chi connectivity index (χ2n) is 10.2. The number of nitrogens with zero attached hydrogens (tertiary/aromatic N) is 4. The number of fused-ring (bicyclic) bond motifs is 2. The average Bonchev–Trinajstić information content (AvgIpc) is 3.42. The maximum absolute atomic E-state index is 5.04. The lowest BCUT2D eigenvalue weighted by Gasteiger charge is -2.31. The number of hydrogen-bond acceptors (Lipinski definition) is 4. The van der Waals surface area contributed by atoms with Crippen molar-refractivity contribution in [1.82, 2.24) is 24.8 Å². The van der Waals surface area contributed by atoms with Gasteiger partial charge in [0.2, 0.25) is 0 Å². The van der Waals surface area contributed by atoms with Crippen molar-refractivity contribution in [3.8, 4) is 22.5 Å². The number of benzene rings is 4. The van der Waals surface area contributed by atoms with Gasteiger partial charge in [-0.3, -0.25) is 4.90 Å². The zero-order valence-electron chi connectivity index (χ0n) is 21.2. The highest BCUT2D eigenvalue weighted by atomic mass is 15.1. The van der Waals surface area contributed by atoms with Crippen LogP contribution in [0.4, 0.5) is 0 Å². The first-order valence-electron chi connectivity index (χ1n) is 13.4. The molecule has 0 radical (unpaired) electrons. The van der Waals surface area contributed by atoms with Crippen molar-refractivity contribution in [2.45, 2.75) is 25.3 Å². The molecule has 0 amide bonds. The SMILES string of the molecule is c1ccc(-c2nc3ccccc3nc2-c2ccc(CN3CCC(c4nc5ccccc5[nH]4)CC3)cc2)cc1. The van der Waals surface area contributed by atoms with Crippen molar-refractivity contribution in [2.75, 3.05) is 13.1 Å². The summed E-state index contributed by atoms with van der Waals surface area (Å²) < 4.78 is 0. The number of aromatic nitrogens is 4. The van der Waals surface area contributed by atoms with E-state index in [1.165, 1.54) is 5.56 Å². The second-order valence-corrected chi connectivity index (χ2v) is 10.2. The largest absolute Gasteiger partial charge is 0.342 e. The molecule has 5 nitrogen and oxygen atoms in total. The van der Waals surface area contributed by atoms with Gasteiger partial charge in [-0.05, 0) is 55.8 Å². The summed E-state index contributed by atoms with van der Waals surface area (Å²) in [7, 11) is 0. The Morgan fingerprint density at radius 3 is 1.84 bits per heavy atom. The van der Waals surface area contributed by atoms with Crippen LogP contribution in [0.5, 0.6) is 0 Å². The van der Waals surface area contributed by atoms with E-state index in [1.54, 1.807) is 0 Å². The first-order chi connectivity index (χ1) is 18.8. The third kappa shape index (κ3) is 4.46. The van der Waals surface area contributed by atoms with Crippen LogP contribution in [0, 0.1) is 0 Å². The summed E-state index contributed by atoms with van der Waals surface area (Å²) >= 11 is 0. The van der Waals surface area contributed by atoms with Gasteiger partial charge in [0.1, 0.15) is 5.82 Å². The van der Waals surface area contributed by atoms with Crippen molar-refractivity contribution in [2.24, 2.45) is 0 Å². The molecule has 38 heavy (non-hydrogen) atoms. The minimum atomic E-state index is 0.504. The van der Waals surface area contributed by atoms with Crippen LogP contribution in [-0.2, 0) is 6.54 Å². The zero-order valence-corrected chi connectivity index (χ0v) is 21.2. The number of rotatable bonds is 5. The van der Waals surface area contributed by atoms with Crippen LogP contribution in [0.25, 0.3) is 44.6 Å². The van der Waals surface area contributed by atoms with E-state index >= 15 is 0 Å². The summed E-state index contributed by atoms with van der Waals surface area (Å²) in [6, 6.07) is 35.6. The zero-order chi connectivity index (χ0) is 25.3. The number of imidazole rings is 1. The summed E-state index contributed by atoms with van der Waals surface area (Å²) in [5.41, 5.74) is 9.37. The van der Waals surface area contributed by atoms with Crippen LogP contribution in [0.1, 0.15) is 30.1 Å². The number of nitrogens with one attached hydrogen (secondary N) is 1. The van der Waals surface area contributed by atoms with Crippen LogP contribution in [-0.4, -0.2) is 37.9 Å². The van der Waals surface area contributed by atoms with E-state index in [-0.39, 0.29) is 0 Å². The summed E-state index contributed by atoms with van der Waals surface area (Å²) in [5, 5.41) is 0. The topological polar surface area (TPSA) is 57.7 Å². The van der Waals surface area contributed by atoms with E-state index in [4.69, 9.17) is 15.0 Å². The molecule has 0 saturated carbocycles. The van der Waals surface area contributed by atoms with Crippen molar-refractivity contribution in [1.29, 1.82) is 0 Å². The number of para-hydroxylation sites is 4. The van der Waals surface area contributed by atoms with Crippen LogP contribution >= 0.6 is 0 Å². The monoisotopic (exact) mass is 495 g/mol.